The topological polar surface area (TPSA) is 74.2 Å². The Labute approximate surface area is 144 Å². The molecule has 7 nitrogen and oxygen atoms in total. The lowest BCUT2D eigenvalue weighted by Gasteiger charge is -2.34. The molecule has 1 saturated carbocycles. The van der Waals surface area contributed by atoms with Crippen molar-refractivity contribution in [2.45, 2.75) is 25.2 Å². The summed E-state index contributed by atoms with van der Waals surface area (Å²) in [6.07, 6.45) is 7.22. The van der Waals surface area contributed by atoms with E-state index in [-0.39, 0.29) is 6.03 Å². The van der Waals surface area contributed by atoms with Crippen LogP contribution in [0, 0.1) is 0 Å². The van der Waals surface area contributed by atoms with Gasteiger partial charge < -0.3 is 9.80 Å². The Morgan fingerprint density at radius 1 is 1.17 bits per heavy atom. The van der Waals surface area contributed by atoms with Crippen molar-refractivity contribution in [2.75, 3.05) is 36.4 Å². The Morgan fingerprint density at radius 3 is 2.58 bits per heavy atom. The maximum Gasteiger partial charge on any atom is 0.323 e. The molecule has 0 bridgehead atoms. The number of nitrogens with one attached hydrogen (secondary N) is 1. The van der Waals surface area contributed by atoms with Crippen LogP contribution in [0.15, 0.2) is 23.8 Å². The van der Waals surface area contributed by atoms with Gasteiger partial charge in [0.2, 0.25) is 5.95 Å². The summed E-state index contributed by atoms with van der Waals surface area (Å²) >= 11 is 1.52. The van der Waals surface area contributed by atoms with Crippen LogP contribution < -0.4 is 10.2 Å². The van der Waals surface area contributed by atoms with Crippen LogP contribution in [0.25, 0.3) is 0 Å². The summed E-state index contributed by atoms with van der Waals surface area (Å²) in [5, 5.41) is 5.71. The highest BCUT2D eigenvalue weighted by molar-refractivity contribution is 7.13. The Balaban J connectivity index is 1.30. The highest BCUT2D eigenvalue weighted by Gasteiger charge is 2.25. The number of amides is 2. The van der Waals surface area contributed by atoms with Gasteiger partial charge in [-0.1, -0.05) is 6.42 Å². The first-order valence-electron chi connectivity index (χ1n) is 8.33. The summed E-state index contributed by atoms with van der Waals surface area (Å²) in [4.78, 5) is 29.4. The normalized spacial score (nSPS) is 18.3. The minimum Gasteiger partial charge on any atom is -0.337 e. The van der Waals surface area contributed by atoms with E-state index in [4.69, 9.17) is 0 Å². The third-order valence-corrected chi connectivity index (χ3v) is 5.44. The molecule has 0 unspecified atom stereocenters. The summed E-state index contributed by atoms with van der Waals surface area (Å²) in [6, 6.07) is 1.73. The number of rotatable bonds is 3. The SMILES string of the molecule is O=C(Nc1nc(C2CCC2)cs1)N1CCN(c2ncccn2)CC1. The number of nitrogens with zero attached hydrogens (tertiary/aromatic N) is 5. The van der Waals surface area contributed by atoms with Gasteiger partial charge in [0.05, 0.1) is 5.69 Å². The Kier molecular flexibility index (Phi) is 4.29. The van der Waals surface area contributed by atoms with Crippen molar-refractivity contribution in [3.05, 3.63) is 29.5 Å². The van der Waals surface area contributed by atoms with Gasteiger partial charge in [-0.2, -0.15) is 0 Å². The van der Waals surface area contributed by atoms with Gasteiger partial charge in [0, 0.05) is 49.9 Å². The predicted molar refractivity (Wildman–Crippen MR) is 93.5 cm³/mol. The van der Waals surface area contributed by atoms with Gasteiger partial charge in [-0.15, -0.1) is 11.3 Å². The van der Waals surface area contributed by atoms with Crippen LogP contribution in [-0.2, 0) is 0 Å². The average Bonchev–Trinajstić information content (AvgIpc) is 3.02. The predicted octanol–water partition coefficient (Wildman–Crippen LogP) is 2.55. The van der Waals surface area contributed by atoms with Gasteiger partial charge in [-0.3, -0.25) is 5.32 Å². The van der Waals surface area contributed by atoms with Crippen molar-refractivity contribution in [1.82, 2.24) is 19.9 Å². The second-order valence-electron chi connectivity index (χ2n) is 6.16. The van der Waals surface area contributed by atoms with Crippen LogP contribution in [0.3, 0.4) is 0 Å². The maximum atomic E-state index is 12.4. The van der Waals surface area contributed by atoms with E-state index in [2.05, 4.69) is 30.5 Å². The fraction of sp³-hybridized carbons (Fsp3) is 0.500. The Hall–Kier alpha value is -2.22. The van der Waals surface area contributed by atoms with Gasteiger partial charge >= 0.3 is 6.03 Å². The number of urea groups is 1. The molecule has 8 heteroatoms. The third kappa shape index (κ3) is 3.19. The largest absolute Gasteiger partial charge is 0.337 e. The molecular weight excluding hydrogens is 324 g/mol. The summed E-state index contributed by atoms with van der Waals surface area (Å²) in [5.41, 5.74) is 1.13. The first kappa shape index (κ1) is 15.3. The van der Waals surface area contributed by atoms with E-state index < -0.39 is 0 Å². The first-order chi connectivity index (χ1) is 11.8. The number of aromatic nitrogens is 3. The number of anilines is 2. The van der Waals surface area contributed by atoms with Crippen molar-refractivity contribution < 1.29 is 4.79 Å². The van der Waals surface area contributed by atoms with Gasteiger partial charge in [0.1, 0.15) is 0 Å². The summed E-state index contributed by atoms with van der Waals surface area (Å²) in [6.45, 7) is 2.79. The first-order valence-corrected chi connectivity index (χ1v) is 9.21. The second kappa shape index (κ2) is 6.72. The van der Waals surface area contributed by atoms with E-state index in [1.54, 1.807) is 18.5 Å². The average molecular weight is 344 g/mol. The van der Waals surface area contributed by atoms with Crippen LogP contribution in [0.4, 0.5) is 15.9 Å². The van der Waals surface area contributed by atoms with Crippen LogP contribution >= 0.6 is 11.3 Å². The minimum absolute atomic E-state index is 0.0712. The van der Waals surface area contributed by atoms with Crippen molar-refractivity contribution in [3.8, 4) is 0 Å². The molecule has 1 saturated heterocycles. The molecule has 1 N–H and O–H groups in total. The molecular formula is C16H20N6OS. The van der Waals surface area contributed by atoms with Crippen molar-refractivity contribution in [1.29, 1.82) is 0 Å². The number of carbonyl (C=O) groups excluding carboxylic acids is 1. The highest BCUT2D eigenvalue weighted by Crippen LogP contribution is 2.37. The van der Waals surface area contributed by atoms with Crippen molar-refractivity contribution >= 4 is 28.4 Å². The second-order valence-corrected chi connectivity index (χ2v) is 7.02. The number of hydrogen-bond acceptors (Lipinski definition) is 6. The van der Waals surface area contributed by atoms with Gasteiger partial charge in [-0.25, -0.2) is 19.7 Å². The monoisotopic (exact) mass is 344 g/mol. The Bertz CT molecular complexity index is 694. The molecule has 0 radical (unpaired) electrons. The quantitative estimate of drug-likeness (QED) is 0.926. The Morgan fingerprint density at radius 2 is 1.92 bits per heavy atom. The minimum atomic E-state index is -0.0712. The molecule has 2 fully saturated rings. The summed E-state index contributed by atoms with van der Waals surface area (Å²) in [7, 11) is 0. The molecule has 2 amide bonds. The molecule has 3 heterocycles. The highest BCUT2D eigenvalue weighted by atomic mass is 32.1. The molecule has 4 rings (SSSR count). The number of carbonyl (C=O) groups is 1. The standard InChI is InChI=1S/C16H20N6OS/c23-16(20-15-19-13(11-24-15)12-3-1-4-12)22-9-7-21(8-10-22)14-17-5-2-6-18-14/h2,5-6,11-12H,1,3-4,7-10H2,(H,19,20,23). The van der Waals surface area contributed by atoms with Crippen LogP contribution in [0.1, 0.15) is 30.9 Å². The van der Waals surface area contributed by atoms with Crippen LogP contribution in [0.5, 0.6) is 0 Å². The zero-order chi connectivity index (χ0) is 16.4. The molecule has 0 aromatic carbocycles. The fourth-order valence-corrected chi connectivity index (χ4v) is 3.75. The lowest BCUT2D eigenvalue weighted by Crippen LogP contribution is -2.50. The van der Waals surface area contributed by atoms with Gasteiger partial charge in [0.15, 0.2) is 5.13 Å². The maximum absolute atomic E-state index is 12.4. The zero-order valence-electron chi connectivity index (χ0n) is 13.4. The van der Waals surface area contributed by atoms with Crippen molar-refractivity contribution in [3.63, 3.8) is 0 Å². The van der Waals surface area contributed by atoms with E-state index in [9.17, 15) is 4.79 Å². The molecule has 2 aliphatic rings. The molecule has 0 atom stereocenters. The fourth-order valence-electron chi connectivity index (χ4n) is 2.97. The lowest BCUT2D eigenvalue weighted by atomic mass is 9.83. The van der Waals surface area contributed by atoms with E-state index in [0.29, 0.717) is 24.1 Å². The third-order valence-electron chi connectivity index (χ3n) is 4.66. The number of thiazole rings is 1. The smallest absolute Gasteiger partial charge is 0.323 e. The van der Waals surface area contributed by atoms with Crippen molar-refractivity contribution in [2.24, 2.45) is 0 Å². The molecule has 0 spiro atoms. The number of hydrogen-bond donors (Lipinski definition) is 1. The van der Waals surface area contributed by atoms with E-state index >= 15 is 0 Å². The zero-order valence-corrected chi connectivity index (χ0v) is 14.2. The van der Waals surface area contributed by atoms with E-state index in [0.717, 1.165) is 24.7 Å². The number of piperazine rings is 1. The van der Waals surface area contributed by atoms with E-state index in [1.165, 1.54) is 30.6 Å². The molecule has 1 aliphatic carbocycles. The molecule has 2 aromatic heterocycles. The van der Waals surface area contributed by atoms with E-state index in [1.807, 2.05) is 4.90 Å². The van der Waals surface area contributed by atoms with Gasteiger partial charge in [0.25, 0.3) is 0 Å². The molecule has 2 aromatic rings. The molecule has 126 valence electrons. The lowest BCUT2D eigenvalue weighted by molar-refractivity contribution is 0.208. The van der Waals surface area contributed by atoms with Crippen LogP contribution in [0.2, 0.25) is 0 Å². The molecule has 24 heavy (non-hydrogen) atoms. The van der Waals surface area contributed by atoms with Crippen LogP contribution in [-0.4, -0.2) is 52.1 Å². The molecule has 1 aliphatic heterocycles. The van der Waals surface area contributed by atoms with Gasteiger partial charge in [-0.05, 0) is 18.9 Å². The summed E-state index contributed by atoms with van der Waals surface area (Å²) < 4.78 is 0. The summed E-state index contributed by atoms with van der Waals surface area (Å²) in [5.74, 6) is 1.32.